The lowest BCUT2D eigenvalue weighted by atomic mass is 10.2. The smallest absolute Gasteiger partial charge is 0.0890 e. The molecule has 0 aliphatic heterocycles. The van der Waals surface area contributed by atoms with Crippen molar-refractivity contribution in [1.82, 2.24) is 49.7 Å². The Bertz CT molecular complexity index is 2090. The van der Waals surface area contributed by atoms with Crippen LogP contribution >= 0.6 is 0 Å². The van der Waals surface area contributed by atoms with Gasteiger partial charge in [0.2, 0.25) is 0 Å². The van der Waals surface area contributed by atoms with Gasteiger partial charge in [0.1, 0.15) is 0 Å². The van der Waals surface area contributed by atoms with E-state index >= 15 is 0 Å². The Morgan fingerprint density at radius 2 is 0.620 bits per heavy atom. The molecule has 8 rings (SSSR count). The van der Waals surface area contributed by atoms with Crippen LogP contribution in [0.5, 0.6) is 0 Å². The molecule has 8 aromatic rings. The number of aliphatic hydroxyl groups excluding tert-OH is 1. The van der Waals surface area contributed by atoms with Crippen LogP contribution in [0.2, 0.25) is 0 Å². The molecule has 4 heterocycles. The summed E-state index contributed by atoms with van der Waals surface area (Å²) in [6, 6.07) is 31.3. The van der Waals surface area contributed by atoms with E-state index in [1.165, 1.54) is 0 Å². The average Bonchev–Trinajstić information content (AvgIpc) is 3.14. The van der Waals surface area contributed by atoms with Crippen molar-refractivity contribution < 1.29 is 5.11 Å². The third kappa shape index (κ3) is 7.40. The Morgan fingerprint density at radius 3 is 0.880 bits per heavy atom. The number of rotatable bonds is 12. The molecule has 4 aromatic heterocycles. The number of benzene rings is 4. The van der Waals surface area contributed by atoms with Crippen molar-refractivity contribution in [2.24, 2.45) is 0 Å². The number of hydrogen-bond acceptors (Lipinski definition) is 11. The van der Waals surface area contributed by atoms with Crippen LogP contribution < -0.4 is 0 Å². The van der Waals surface area contributed by atoms with Crippen molar-refractivity contribution >= 4 is 44.1 Å². The minimum absolute atomic E-state index is 0.353. The second-order valence-corrected chi connectivity index (χ2v) is 12.4. The molecule has 1 N–H and O–H groups in total. The van der Waals surface area contributed by atoms with E-state index in [4.69, 9.17) is 19.9 Å². The van der Waals surface area contributed by atoms with Crippen molar-refractivity contribution in [3.05, 3.63) is 145 Å². The minimum Gasteiger partial charge on any atom is -0.390 e. The van der Waals surface area contributed by atoms with Gasteiger partial charge in [-0.3, -0.25) is 29.7 Å². The van der Waals surface area contributed by atoms with Crippen molar-refractivity contribution in [2.45, 2.75) is 32.3 Å². The normalized spacial score (nSPS) is 11.9. The highest BCUT2D eigenvalue weighted by Gasteiger charge is 2.20. The lowest BCUT2D eigenvalue weighted by Gasteiger charge is -2.29. The Hall–Kier alpha value is -5.88. The molecule has 0 saturated carbocycles. The van der Waals surface area contributed by atoms with Gasteiger partial charge in [0.15, 0.2) is 0 Å². The Balaban J connectivity index is 1.06. The van der Waals surface area contributed by atoms with E-state index in [9.17, 15) is 5.11 Å². The molecule has 0 radical (unpaired) electrons. The molecule has 0 aliphatic rings. The maximum Gasteiger partial charge on any atom is 0.0890 e. The van der Waals surface area contributed by atoms with Gasteiger partial charge in [0.25, 0.3) is 0 Å². The lowest BCUT2D eigenvalue weighted by Crippen LogP contribution is -2.40. The lowest BCUT2D eigenvalue weighted by molar-refractivity contribution is 0.0615. The largest absolute Gasteiger partial charge is 0.390 e. The summed E-state index contributed by atoms with van der Waals surface area (Å²) in [5, 5.41) is 11.8. The van der Waals surface area contributed by atoms with Crippen LogP contribution in [0.3, 0.4) is 0 Å². The highest BCUT2D eigenvalue weighted by Crippen LogP contribution is 2.17. The first-order valence-electron chi connectivity index (χ1n) is 16.6. The van der Waals surface area contributed by atoms with E-state index in [2.05, 4.69) is 29.7 Å². The molecule has 0 saturated heterocycles. The highest BCUT2D eigenvalue weighted by molar-refractivity contribution is 5.75. The summed E-state index contributed by atoms with van der Waals surface area (Å²) in [5.41, 5.74) is 9.90. The number of hydrogen-bond donors (Lipinski definition) is 1. The van der Waals surface area contributed by atoms with Gasteiger partial charge in [-0.15, -0.1) is 0 Å². The van der Waals surface area contributed by atoms with Crippen molar-refractivity contribution in [3.8, 4) is 0 Å². The van der Waals surface area contributed by atoms with Gasteiger partial charge in [-0.25, -0.2) is 19.9 Å². The SMILES string of the molecule is OC(CN(Cc1cnc2ccccc2n1)Cc1cnc2ccccc2n1)CN(Cc1cnc2ccccc2n1)Cc1cnc2ccccc2n1. The van der Waals surface area contributed by atoms with Crippen molar-refractivity contribution in [3.63, 3.8) is 0 Å². The quantitative estimate of drug-likeness (QED) is 0.178. The van der Waals surface area contributed by atoms with E-state index in [-0.39, 0.29) is 0 Å². The van der Waals surface area contributed by atoms with Crippen LogP contribution in [-0.2, 0) is 26.2 Å². The second kappa shape index (κ2) is 14.3. The van der Waals surface area contributed by atoms with Crippen LogP contribution in [0.1, 0.15) is 22.8 Å². The first-order valence-corrected chi connectivity index (χ1v) is 16.6. The Kier molecular flexibility index (Phi) is 8.98. The summed E-state index contributed by atoms with van der Waals surface area (Å²) in [6.07, 6.45) is 6.47. The molecule has 0 fully saturated rings. The molecule has 0 amide bonds. The molecule has 0 bridgehead atoms. The number of nitrogens with zero attached hydrogens (tertiary/aromatic N) is 10. The van der Waals surface area contributed by atoms with Crippen LogP contribution in [-0.4, -0.2) is 74.0 Å². The molecular weight excluding hydrogens is 624 g/mol. The zero-order chi connectivity index (χ0) is 33.7. The standard InChI is InChI=1S/C39H34N10O/c50-31(25-48(21-27-17-40-32-9-1-5-13-36(32)44-27)22-28-18-41-33-10-2-6-14-37(33)45-28)26-49(23-29-19-42-34-11-3-7-15-38(34)46-29)24-30-20-43-35-12-4-8-16-39(35)47-30/h1-20,31,50H,21-26H2. The zero-order valence-corrected chi connectivity index (χ0v) is 27.3. The van der Waals surface area contributed by atoms with Gasteiger partial charge >= 0.3 is 0 Å². The maximum atomic E-state index is 11.8. The Labute approximate surface area is 288 Å². The van der Waals surface area contributed by atoms with Crippen LogP contribution in [0.15, 0.2) is 122 Å². The molecule has 50 heavy (non-hydrogen) atoms. The molecule has 246 valence electrons. The van der Waals surface area contributed by atoms with Crippen molar-refractivity contribution in [1.29, 1.82) is 0 Å². The molecule has 4 aromatic carbocycles. The van der Waals surface area contributed by atoms with Crippen LogP contribution in [0.25, 0.3) is 44.1 Å². The topological polar surface area (TPSA) is 130 Å². The van der Waals surface area contributed by atoms with Gasteiger partial charge in [0.05, 0.1) is 97.8 Å². The number of para-hydroxylation sites is 8. The predicted octanol–water partition coefficient (Wildman–Crippen LogP) is 5.52. The number of aliphatic hydroxyl groups is 1. The van der Waals surface area contributed by atoms with E-state index in [0.29, 0.717) is 39.3 Å². The second-order valence-electron chi connectivity index (χ2n) is 12.4. The molecule has 0 atom stereocenters. The maximum absolute atomic E-state index is 11.8. The molecule has 11 heteroatoms. The zero-order valence-electron chi connectivity index (χ0n) is 27.3. The summed E-state index contributed by atoms with van der Waals surface area (Å²) in [7, 11) is 0. The minimum atomic E-state index is -0.737. The Morgan fingerprint density at radius 1 is 0.380 bits per heavy atom. The summed E-state index contributed by atoms with van der Waals surface area (Å²) < 4.78 is 0. The number of aromatic nitrogens is 8. The fourth-order valence-electron chi connectivity index (χ4n) is 6.23. The third-order valence-electron chi connectivity index (χ3n) is 8.47. The van der Waals surface area contributed by atoms with Crippen molar-refractivity contribution in [2.75, 3.05) is 13.1 Å². The first kappa shape index (κ1) is 31.4. The van der Waals surface area contributed by atoms with E-state index < -0.39 is 6.10 Å². The van der Waals surface area contributed by atoms with Gasteiger partial charge in [-0.2, -0.15) is 0 Å². The number of fused-ring (bicyclic) bond motifs is 4. The average molecular weight is 659 g/mol. The third-order valence-corrected chi connectivity index (χ3v) is 8.47. The highest BCUT2D eigenvalue weighted by atomic mass is 16.3. The fourth-order valence-corrected chi connectivity index (χ4v) is 6.23. The van der Waals surface area contributed by atoms with Gasteiger partial charge in [-0.1, -0.05) is 48.5 Å². The fraction of sp³-hybridized carbons (Fsp3) is 0.179. The summed E-state index contributed by atoms with van der Waals surface area (Å²) in [4.78, 5) is 42.3. The molecular formula is C39H34N10O. The molecule has 0 unspecified atom stereocenters. The van der Waals surface area contributed by atoms with E-state index in [1.807, 2.05) is 97.1 Å². The summed E-state index contributed by atoms with van der Waals surface area (Å²) in [5.74, 6) is 0. The molecule has 0 spiro atoms. The van der Waals surface area contributed by atoms with E-state index in [0.717, 1.165) is 66.9 Å². The van der Waals surface area contributed by atoms with Crippen LogP contribution in [0.4, 0.5) is 0 Å². The first-order chi connectivity index (χ1) is 24.6. The monoisotopic (exact) mass is 658 g/mol. The van der Waals surface area contributed by atoms with E-state index in [1.54, 1.807) is 24.8 Å². The van der Waals surface area contributed by atoms with Gasteiger partial charge in [-0.05, 0) is 48.5 Å². The summed E-state index contributed by atoms with van der Waals surface area (Å²) in [6.45, 7) is 2.58. The van der Waals surface area contributed by atoms with Gasteiger partial charge in [0, 0.05) is 39.3 Å². The predicted molar refractivity (Wildman–Crippen MR) is 192 cm³/mol. The summed E-state index contributed by atoms with van der Waals surface area (Å²) >= 11 is 0. The molecule has 0 aliphatic carbocycles. The van der Waals surface area contributed by atoms with Crippen LogP contribution in [0, 0.1) is 0 Å². The van der Waals surface area contributed by atoms with Gasteiger partial charge < -0.3 is 5.11 Å². The molecule has 11 nitrogen and oxygen atoms in total.